The summed E-state index contributed by atoms with van der Waals surface area (Å²) in [5.74, 6) is 0.169. The van der Waals surface area contributed by atoms with Gasteiger partial charge in [-0.05, 0) is 12.3 Å². The predicted molar refractivity (Wildman–Crippen MR) is 65.8 cm³/mol. The molecule has 1 aliphatic heterocycles. The van der Waals surface area contributed by atoms with Crippen molar-refractivity contribution in [1.82, 2.24) is 9.55 Å². The Hall–Kier alpha value is -1.11. The van der Waals surface area contributed by atoms with Gasteiger partial charge in [0.25, 0.3) is 5.56 Å². The van der Waals surface area contributed by atoms with E-state index < -0.39 is 23.1 Å². The highest BCUT2D eigenvalue weighted by molar-refractivity contribution is 6.18. The minimum atomic E-state index is -0.832. The van der Waals surface area contributed by atoms with Crippen LogP contribution in [0.1, 0.15) is 19.6 Å². The molecule has 0 bridgehead atoms. The summed E-state index contributed by atoms with van der Waals surface area (Å²) in [6, 6.07) is 1.26. The first-order chi connectivity index (χ1) is 8.52. The van der Waals surface area contributed by atoms with Crippen molar-refractivity contribution in [3.05, 3.63) is 33.1 Å². The monoisotopic (exact) mass is 274 g/mol. The van der Waals surface area contributed by atoms with Gasteiger partial charge < -0.3 is 9.84 Å². The molecule has 0 amide bonds. The highest BCUT2D eigenvalue weighted by Crippen LogP contribution is 2.41. The summed E-state index contributed by atoms with van der Waals surface area (Å²) in [4.78, 5) is 24.8. The van der Waals surface area contributed by atoms with E-state index in [0.29, 0.717) is 6.42 Å². The number of halogens is 1. The van der Waals surface area contributed by atoms with E-state index in [-0.39, 0.29) is 18.4 Å². The zero-order valence-corrected chi connectivity index (χ0v) is 10.7. The Morgan fingerprint density at radius 1 is 1.67 bits per heavy atom. The Morgan fingerprint density at radius 3 is 2.89 bits per heavy atom. The van der Waals surface area contributed by atoms with E-state index in [1.165, 1.54) is 16.8 Å². The molecule has 2 heterocycles. The van der Waals surface area contributed by atoms with Crippen molar-refractivity contribution in [2.75, 3.05) is 12.5 Å². The van der Waals surface area contributed by atoms with E-state index in [1.807, 2.05) is 6.92 Å². The van der Waals surface area contributed by atoms with Crippen molar-refractivity contribution >= 4 is 11.6 Å². The Balaban J connectivity index is 2.32. The van der Waals surface area contributed by atoms with E-state index in [4.69, 9.17) is 16.3 Å². The lowest BCUT2D eigenvalue weighted by Crippen LogP contribution is -2.41. The van der Waals surface area contributed by atoms with Crippen LogP contribution in [0.5, 0.6) is 0 Å². The fourth-order valence-electron chi connectivity index (χ4n) is 2.18. The normalized spacial score (nSPS) is 31.7. The van der Waals surface area contributed by atoms with Gasteiger partial charge in [0.2, 0.25) is 0 Å². The maximum atomic E-state index is 11.7. The van der Waals surface area contributed by atoms with Crippen LogP contribution in [0.4, 0.5) is 0 Å². The number of nitrogens with one attached hydrogen (secondary N) is 1. The van der Waals surface area contributed by atoms with Crippen LogP contribution in [0.3, 0.4) is 0 Å². The Bertz CT molecular complexity index is 534. The van der Waals surface area contributed by atoms with Crippen LogP contribution in [-0.4, -0.2) is 32.7 Å². The second-order valence-electron chi connectivity index (χ2n) is 4.58. The number of H-pyrrole nitrogens is 1. The lowest BCUT2D eigenvalue weighted by atomic mass is 9.91. The van der Waals surface area contributed by atoms with Gasteiger partial charge in [-0.25, -0.2) is 4.79 Å². The summed E-state index contributed by atoms with van der Waals surface area (Å²) >= 11 is 5.85. The van der Waals surface area contributed by atoms with Crippen LogP contribution in [0, 0.1) is 5.92 Å². The molecule has 0 radical (unpaired) electrons. The molecule has 1 aromatic rings. The average Bonchev–Trinajstić information content (AvgIpc) is 2.67. The summed E-state index contributed by atoms with van der Waals surface area (Å²) in [7, 11) is 0. The third-order valence-corrected chi connectivity index (χ3v) is 3.93. The Kier molecular flexibility index (Phi) is 3.61. The molecule has 1 fully saturated rings. The van der Waals surface area contributed by atoms with Gasteiger partial charge in [0.05, 0.1) is 12.5 Å². The Morgan fingerprint density at radius 2 is 2.39 bits per heavy atom. The van der Waals surface area contributed by atoms with Crippen LogP contribution in [0.25, 0.3) is 0 Å². The number of aromatic nitrogens is 2. The number of nitrogens with zero attached hydrogens (tertiary/aromatic N) is 1. The number of hydrogen-bond donors (Lipinski definition) is 2. The molecule has 0 aromatic carbocycles. The molecule has 2 rings (SSSR count). The molecule has 1 aliphatic rings. The second kappa shape index (κ2) is 4.87. The summed E-state index contributed by atoms with van der Waals surface area (Å²) in [5.41, 5.74) is -1.81. The third-order valence-electron chi connectivity index (χ3n) is 3.48. The second-order valence-corrected chi connectivity index (χ2v) is 4.85. The van der Waals surface area contributed by atoms with Crippen molar-refractivity contribution in [3.8, 4) is 0 Å². The molecule has 0 spiro atoms. The lowest BCUT2D eigenvalue weighted by Gasteiger charge is -2.28. The standard InChI is InChI=1S/C11H15ClN2O4/c1-7-4-9(18-11(7,5-12)6-15)14-3-2-8(16)13-10(14)17/h2-3,7,9,15H,4-6H2,1H3,(H,13,16,17)/t7-,9-,11-/m1/s1. The van der Waals surface area contributed by atoms with Gasteiger partial charge in [0.1, 0.15) is 11.8 Å². The van der Waals surface area contributed by atoms with Gasteiger partial charge in [-0.3, -0.25) is 14.3 Å². The molecule has 6 nitrogen and oxygen atoms in total. The fraction of sp³-hybridized carbons (Fsp3) is 0.636. The SMILES string of the molecule is C[C@@H]1C[C@H](n2ccc(=O)[nH]c2=O)O[C@@]1(CO)CCl. The topological polar surface area (TPSA) is 84.3 Å². The molecule has 0 unspecified atom stereocenters. The molecule has 2 N–H and O–H groups in total. The van der Waals surface area contributed by atoms with E-state index in [0.717, 1.165) is 0 Å². The summed E-state index contributed by atoms with van der Waals surface area (Å²) in [6.07, 6.45) is 1.43. The molecule has 1 saturated heterocycles. The minimum absolute atomic E-state index is 0.0174. The number of aliphatic hydroxyl groups is 1. The molecule has 100 valence electrons. The van der Waals surface area contributed by atoms with Crippen LogP contribution < -0.4 is 11.2 Å². The fourth-order valence-corrected chi connectivity index (χ4v) is 2.59. The van der Waals surface area contributed by atoms with Crippen molar-refractivity contribution in [3.63, 3.8) is 0 Å². The molecule has 18 heavy (non-hydrogen) atoms. The van der Waals surface area contributed by atoms with Crippen molar-refractivity contribution in [1.29, 1.82) is 0 Å². The average molecular weight is 275 g/mol. The van der Waals surface area contributed by atoms with E-state index >= 15 is 0 Å². The number of alkyl halides is 1. The number of hydrogen-bond acceptors (Lipinski definition) is 4. The molecule has 0 aliphatic carbocycles. The number of aromatic amines is 1. The molecule has 0 saturated carbocycles. The smallest absolute Gasteiger partial charge is 0.330 e. The zero-order valence-electron chi connectivity index (χ0n) is 9.93. The quantitative estimate of drug-likeness (QED) is 0.764. The third kappa shape index (κ3) is 2.11. The Labute approximate surface area is 108 Å². The van der Waals surface area contributed by atoms with Gasteiger partial charge in [-0.1, -0.05) is 6.92 Å². The van der Waals surface area contributed by atoms with Crippen molar-refractivity contribution in [2.45, 2.75) is 25.2 Å². The van der Waals surface area contributed by atoms with E-state index in [2.05, 4.69) is 4.98 Å². The first kappa shape index (κ1) is 13.3. The first-order valence-corrected chi connectivity index (χ1v) is 6.22. The van der Waals surface area contributed by atoms with Crippen molar-refractivity contribution < 1.29 is 9.84 Å². The van der Waals surface area contributed by atoms with Crippen LogP contribution in [0.2, 0.25) is 0 Å². The van der Waals surface area contributed by atoms with Crippen LogP contribution in [-0.2, 0) is 4.74 Å². The van der Waals surface area contributed by atoms with Crippen LogP contribution >= 0.6 is 11.6 Å². The van der Waals surface area contributed by atoms with Gasteiger partial charge in [-0.2, -0.15) is 0 Å². The summed E-state index contributed by atoms with van der Waals surface area (Å²) < 4.78 is 7.03. The minimum Gasteiger partial charge on any atom is -0.393 e. The van der Waals surface area contributed by atoms with Gasteiger partial charge >= 0.3 is 5.69 Å². The van der Waals surface area contributed by atoms with Gasteiger partial charge in [0, 0.05) is 12.3 Å². The van der Waals surface area contributed by atoms with E-state index in [1.54, 1.807) is 0 Å². The summed E-state index contributed by atoms with van der Waals surface area (Å²) in [6.45, 7) is 1.71. The number of rotatable bonds is 3. The largest absolute Gasteiger partial charge is 0.393 e. The molecular weight excluding hydrogens is 260 g/mol. The van der Waals surface area contributed by atoms with Crippen molar-refractivity contribution in [2.24, 2.45) is 5.92 Å². The maximum Gasteiger partial charge on any atom is 0.330 e. The lowest BCUT2D eigenvalue weighted by molar-refractivity contribution is -0.0968. The number of ether oxygens (including phenoxy) is 1. The van der Waals surface area contributed by atoms with Gasteiger partial charge in [-0.15, -0.1) is 11.6 Å². The van der Waals surface area contributed by atoms with E-state index in [9.17, 15) is 14.7 Å². The van der Waals surface area contributed by atoms with Crippen LogP contribution in [0.15, 0.2) is 21.9 Å². The maximum absolute atomic E-state index is 11.7. The highest BCUT2D eigenvalue weighted by Gasteiger charge is 2.46. The predicted octanol–water partition coefficient (Wildman–Crippen LogP) is 0.0615. The zero-order chi connectivity index (χ0) is 13.3. The first-order valence-electron chi connectivity index (χ1n) is 5.68. The molecule has 7 heteroatoms. The molecule has 1 aromatic heterocycles. The molecule has 3 atom stereocenters. The molecular formula is C11H15ClN2O4. The summed E-state index contributed by atoms with van der Waals surface area (Å²) in [5, 5.41) is 9.41. The highest BCUT2D eigenvalue weighted by atomic mass is 35.5. The number of aliphatic hydroxyl groups excluding tert-OH is 1. The van der Waals surface area contributed by atoms with Gasteiger partial charge in [0.15, 0.2) is 0 Å².